The number of nitrogens with one attached hydrogen (secondary N) is 2. The lowest BCUT2D eigenvalue weighted by Crippen LogP contribution is -2.61. The normalized spacial score (nSPS) is 47.5. The first-order valence-corrected chi connectivity index (χ1v) is 50.7. The number of hydrogen-bond acceptors (Lipinski definition) is 30. The van der Waals surface area contributed by atoms with E-state index in [9.17, 15) is 46.9 Å². The summed E-state index contributed by atoms with van der Waals surface area (Å²) in [6.45, 7) is 31.1. The van der Waals surface area contributed by atoms with Crippen molar-refractivity contribution in [2.45, 2.75) is 382 Å². The number of hydrogen-bond donors (Lipinski definition) is 6. The van der Waals surface area contributed by atoms with Gasteiger partial charge in [0.15, 0.2) is 41.8 Å². The second kappa shape index (κ2) is 42.1. The van der Waals surface area contributed by atoms with Gasteiger partial charge < -0.3 is 115 Å². The summed E-state index contributed by atoms with van der Waals surface area (Å²) in [7, 11) is -3.36. The average molecular weight is 1880 g/mol. The van der Waals surface area contributed by atoms with Crippen molar-refractivity contribution in [3.05, 3.63) is 119 Å². The maximum atomic E-state index is 14.6. The second-order valence-electron chi connectivity index (χ2n) is 39.6. The number of aliphatic hydroxyl groups excluding tert-OH is 2. The highest BCUT2D eigenvalue weighted by atomic mass is 32.3. The van der Waals surface area contributed by atoms with Crippen LogP contribution in [0.1, 0.15) is 188 Å². The fourth-order valence-corrected chi connectivity index (χ4v) is 25.9. The van der Waals surface area contributed by atoms with Crippen LogP contribution in [0.25, 0.3) is 0 Å². The monoisotopic (exact) mass is 1880 g/mol. The minimum Gasteiger partial charge on any atom is -0.462 e. The van der Waals surface area contributed by atoms with Crippen molar-refractivity contribution in [3.8, 4) is 0 Å². The summed E-state index contributed by atoms with van der Waals surface area (Å²) in [5, 5.41) is 47.0. The molecule has 131 heavy (non-hydrogen) atoms. The highest BCUT2D eigenvalue weighted by Gasteiger charge is 2.63. The van der Waals surface area contributed by atoms with Gasteiger partial charge in [0.25, 0.3) is 0 Å². The van der Waals surface area contributed by atoms with E-state index in [4.69, 9.17) is 94.7 Å². The molecule has 12 heterocycles. The maximum Gasteiger partial charge on any atom is 0.316 e. The van der Waals surface area contributed by atoms with Crippen LogP contribution in [0.2, 0.25) is 0 Å². The highest BCUT2D eigenvalue weighted by molar-refractivity contribution is 8.06. The number of allylic oxidation sites excluding steroid dienone is 4. The van der Waals surface area contributed by atoms with Crippen molar-refractivity contribution < 1.29 is 142 Å². The molecule has 4 bridgehead atoms. The molecule has 40 atom stereocenters. The maximum absolute atomic E-state index is 14.6. The average Bonchev–Trinajstić information content (AvgIpc) is 1.60. The zero-order valence-electron chi connectivity index (χ0n) is 79.7. The number of sulfonamides is 2. The molecule has 8 saturated heterocycles. The first-order chi connectivity index (χ1) is 62.1. The molecule has 32 nitrogen and oxygen atoms in total. The van der Waals surface area contributed by atoms with Gasteiger partial charge in [-0.2, -0.15) is 0 Å². The molecular formula is C97H146N2O30S2. The molecule has 0 aromatic carbocycles. The van der Waals surface area contributed by atoms with Crippen LogP contribution in [-0.4, -0.2) is 290 Å². The summed E-state index contributed by atoms with van der Waals surface area (Å²) in [5.74, 6) is -6.09. The van der Waals surface area contributed by atoms with Crippen LogP contribution >= 0.6 is 0 Å². The second-order valence-corrected chi connectivity index (χ2v) is 43.4. The fraction of sp³-hybridized carbons (Fsp3) is 0.773. The Balaban J connectivity index is 0.592. The molecule has 34 heteroatoms. The van der Waals surface area contributed by atoms with E-state index in [-0.39, 0.29) is 99.5 Å². The number of methoxy groups -OCH3 is 4. The third-order valence-corrected chi connectivity index (χ3v) is 33.8. The number of ether oxygens (including phenoxy) is 20. The lowest BCUT2D eigenvalue weighted by Gasteiger charge is -2.48. The predicted molar refractivity (Wildman–Crippen MR) is 479 cm³/mol. The van der Waals surface area contributed by atoms with Crippen LogP contribution < -0.4 is 9.44 Å². The van der Waals surface area contributed by atoms with Crippen LogP contribution in [0.4, 0.5) is 0 Å². The molecule has 0 aromatic heterocycles. The molecular weight excluding hydrogens is 1740 g/mol. The molecule has 736 valence electrons. The summed E-state index contributed by atoms with van der Waals surface area (Å²) in [5.41, 5.74) is -0.323. The quantitative estimate of drug-likeness (QED) is 0.0434. The first-order valence-electron chi connectivity index (χ1n) is 47.4. The standard InChI is InChI=1S/C97H146N2O30S2/c1-21-50(3)86-56(9)33-35-94(128-86)45-68-39-66(126-94)31-29-54(7)84(52(5)25-23-27-64-47-114-90-82(100)58(11)37-70(92(102)120-68)96(64,90)104)122-78-43-74(112-19)88(62(15)118-78)124-76-41-72(110-17)80(60(13)116-76)98-130(106,107)49-131(108,109)99-81-61(14)117-77(42-73(81)111-18)125-89-63(16)119-79(44-75(89)113-20)123-85-53(6)26-24-28-65-48-115-91-83(101)59(12)38-71(97(65,91)105)93(103)121-69-40-67(32-30-55(85)8)127-95(46-69)36-34-57(10)87(129-95)51(4)22-2/h23-30,33-38,50-53,56-57,60-63,66-91,98-101,104-105H,21-22,31-32,39-49H2,1-20H3/b25-23+,26-24+,54-29+,55-30+,64-27+,65-28+/t50?,51?,52-,53-,56-,57-,60-,61-,62-,63-,66+,67+,68-,69-,70-,71-,72-,73-,74-,75-,76-,77-,78-,79-,80+,81+,82+,83+,84-,85-,86+,87+,88-,89-,90+,91+,94+,95+,96+,97+/m0/s1. The van der Waals surface area contributed by atoms with Crippen LogP contribution in [-0.2, 0) is 124 Å². The molecule has 0 radical (unpaired) electrons. The van der Waals surface area contributed by atoms with Crippen molar-refractivity contribution in [2.24, 2.45) is 47.3 Å². The van der Waals surface area contributed by atoms with Crippen molar-refractivity contribution >= 4 is 32.0 Å². The van der Waals surface area contributed by atoms with E-state index < -0.39 is 231 Å². The lowest BCUT2D eigenvalue weighted by atomic mass is 9.71. The van der Waals surface area contributed by atoms with Gasteiger partial charge in [0.1, 0.15) is 71.9 Å². The van der Waals surface area contributed by atoms with E-state index in [0.29, 0.717) is 48.0 Å². The van der Waals surface area contributed by atoms with Gasteiger partial charge in [0, 0.05) is 103 Å². The van der Waals surface area contributed by atoms with Crippen LogP contribution in [0.5, 0.6) is 0 Å². The summed E-state index contributed by atoms with van der Waals surface area (Å²) in [6, 6.07) is -2.14. The van der Waals surface area contributed by atoms with E-state index in [0.717, 1.165) is 24.0 Å². The van der Waals surface area contributed by atoms with Crippen LogP contribution in [0, 0.1) is 47.3 Å². The van der Waals surface area contributed by atoms with E-state index in [2.05, 4.69) is 75.3 Å². The zero-order valence-corrected chi connectivity index (χ0v) is 81.3. The van der Waals surface area contributed by atoms with Crippen molar-refractivity contribution in [2.75, 3.05) is 46.7 Å². The van der Waals surface area contributed by atoms with Gasteiger partial charge in [-0.3, -0.25) is 9.59 Å². The number of rotatable bonds is 22. The predicted octanol–water partition coefficient (Wildman–Crippen LogP) is 9.58. The first kappa shape index (κ1) is 102. The highest BCUT2D eigenvalue weighted by Crippen LogP contribution is 2.51. The molecule has 2 unspecified atom stereocenters. The Kier molecular flexibility index (Phi) is 32.9. The Bertz CT molecular complexity index is 4270. The Morgan fingerprint density at radius 1 is 0.466 bits per heavy atom. The van der Waals surface area contributed by atoms with Gasteiger partial charge in [-0.25, -0.2) is 26.3 Å². The number of carbonyl (C=O) groups excluding carboxylic acids is 2. The summed E-state index contributed by atoms with van der Waals surface area (Å²) < 4.78 is 193. The molecule has 2 aliphatic carbocycles. The zero-order chi connectivity index (χ0) is 94.5. The SMILES string of the molecule is CCC(C)[C@H]1O[C@]2(C=C[C@@H]1C)C[C@@H]1C[C@@H](C/C=C(\C)[C@@H](O[C@H]3C[C@H](OC)[C@@H](O[C@H]4C[C@H](OC)[C@H](NS(=O)(=O)CS(=O)(=O)N[C@@H]5[C@H](C)O[C@@H](O[C@H]6[C@H](C)O[C@@H](O[C@@H]7/C(C)=C/C[C@@H]8C[C@@H](C[C@]9(C=C[C@H](C)[C@@H](C(C)CC)O9)O8)OC(=O)[C@@H]8C=C(C)[C@@H](O)[C@H]9OC/C(=C\C=C\[C@@H]7C)[C@]98O)C[C@@H]6OC)C[C@@H]5OC)[C@H](C)O4)[C@H](C)O3)[C@@H](C)/C=C/C=C3\CO[C@@H]4[C@H](O)C(C)=C[C@@H](C(=O)O1)[C@]34O)O2. The van der Waals surface area contributed by atoms with Crippen LogP contribution in [0.15, 0.2) is 119 Å². The lowest BCUT2D eigenvalue weighted by molar-refractivity contribution is -0.311. The van der Waals surface area contributed by atoms with E-state index in [1.807, 2.05) is 65.8 Å². The molecule has 2 spiro atoms. The topological polar surface area (TPSA) is 392 Å². The summed E-state index contributed by atoms with van der Waals surface area (Å²) in [6.07, 6.45) is 11.0. The number of esters is 2. The molecule has 8 fully saturated rings. The van der Waals surface area contributed by atoms with Gasteiger partial charge in [-0.1, -0.05) is 141 Å². The fourth-order valence-electron chi connectivity index (χ4n) is 22.2. The third-order valence-electron chi connectivity index (χ3n) is 30.0. The van der Waals surface area contributed by atoms with E-state index >= 15 is 0 Å². The Morgan fingerprint density at radius 3 is 1.19 bits per heavy atom. The molecule has 6 N–H and O–H groups in total. The number of fused-ring (bicyclic) bond motifs is 4. The summed E-state index contributed by atoms with van der Waals surface area (Å²) >= 11 is 0. The van der Waals surface area contributed by atoms with Gasteiger partial charge in [0.2, 0.25) is 20.0 Å². The Labute approximate surface area is 773 Å². The molecule has 14 aliphatic rings. The van der Waals surface area contributed by atoms with Gasteiger partial charge in [-0.05, 0) is 126 Å². The van der Waals surface area contributed by atoms with Gasteiger partial charge in [-0.15, -0.1) is 0 Å². The molecule has 0 aromatic rings. The van der Waals surface area contributed by atoms with E-state index in [1.165, 1.54) is 14.2 Å². The van der Waals surface area contributed by atoms with Crippen molar-refractivity contribution in [1.82, 2.24) is 9.44 Å². The van der Waals surface area contributed by atoms with Gasteiger partial charge >= 0.3 is 11.9 Å². The smallest absolute Gasteiger partial charge is 0.316 e. The Hall–Kier alpha value is -4.72. The largest absolute Gasteiger partial charge is 0.462 e. The van der Waals surface area contributed by atoms with E-state index in [1.54, 1.807) is 78.4 Å². The van der Waals surface area contributed by atoms with Crippen LogP contribution in [0.3, 0.4) is 0 Å². The molecule has 0 saturated carbocycles. The summed E-state index contributed by atoms with van der Waals surface area (Å²) in [4.78, 5) is 29.2. The minimum absolute atomic E-state index is 0.0177. The number of aliphatic hydroxyl groups is 4. The molecule has 14 rings (SSSR count). The molecule has 12 aliphatic heterocycles. The van der Waals surface area contributed by atoms with Crippen molar-refractivity contribution in [1.29, 1.82) is 0 Å². The minimum atomic E-state index is -4.67. The Morgan fingerprint density at radius 2 is 0.824 bits per heavy atom. The van der Waals surface area contributed by atoms with Crippen molar-refractivity contribution in [3.63, 3.8) is 0 Å². The third kappa shape index (κ3) is 22.1. The number of carbonyl (C=O) groups is 2. The van der Waals surface area contributed by atoms with Gasteiger partial charge in [0.05, 0.1) is 111 Å². The molecule has 0 amide bonds.